The number of ketones is 1. The van der Waals surface area contributed by atoms with Crippen LogP contribution < -0.4 is 5.73 Å². The van der Waals surface area contributed by atoms with E-state index in [1.165, 1.54) is 0 Å². The molecule has 1 rings (SSSR count). The van der Waals surface area contributed by atoms with Crippen molar-refractivity contribution in [2.24, 2.45) is 11.7 Å². The first-order valence-corrected chi connectivity index (χ1v) is 4.79. The number of benzene rings is 1. The van der Waals surface area contributed by atoms with Crippen LogP contribution in [0.5, 0.6) is 0 Å². The summed E-state index contributed by atoms with van der Waals surface area (Å²) < 4.78 is 38.7. The number of rotatable bonds is 3. The summed E-state index contributed by atoms with van der Waals surface area (Å²) >= 11 is 0. The van der Waals surface area contributed by atoms with Crippen LogP contribution in [0.1, 0.15) is 24.2 Å². The highest BCUT2D eigenvalue weighted by Gasteiger charge is 2.24. The Balaban J connectivity index is 3.15. The van der Waals surface area contributed by atoms with Gasteiger partial charge < -0.3 is 5.73 Å². The lowest BCUT2D eigenvalue weighted by atomic mass is 9.95. The number of nitrogens with two attached hydrogens (primary N) is 1. The van der Waals surface area contributed by atoms with Crippen molar-refractivity contribution in [3.8, 4) is 0 Å². The smallest absolute Gasteiger partial charge is 0.195 e. The Morgan fingerprint density at radius 1 is 1.19 bits per heavy atom. The standard InChI is InChI=1S/C11H12F3NO/c1-5(2)10(15)11(16)6-3-4-7(12)9(14)8(6)13/h3-5,10H,15H2,1-2H3. The Hall–Kier alpha value is -1.36. The molecule has 5 heteroatoms. The van der Waals surface area contributed by atoms with E-state index in [1.54, 1.807) is 13.8 Å². The van der Waals surface area contributed by atoms with Crippen LogP contribution in [0.2, 0.25) is 0 Å². The minimum absolute atomic E-state index is 0.208. The molecule has 0 radical (unpaired) electrons. The summed E-state index contributed by atoms with van der Waals surface area (Å²) in [7, 11) is 0. The zero-order chi connectivity index (χ0) is 12.5. The van der Waals surface area contributed by atoms with Crippen LogP contribution in [-0.4, -0.2) is 11.8 Å². The summed E-state index contributed by atoms with van der Waals surface area (Å²) in [6, 6.07) is 0.677. The van der Waals surface area contributed by atoms with Gasteiger partial charge in [-0.2, -0.15) is 0 Å². The molecule has 1 aromatic carbocycles. The average molecular weight is 231 g/mol. The van der Waals surface area contributed by atoms with Gasteiger partial charge in [-0.25, -0.2) is 13.2 Å². The minimum Gasteiger partial charge on any atom is -0.321 e. The second-order valence-electron chi connectivity index (χ2n) is 3.86. The van der Waals surface area contributed by atoms with Crippen LogP contribution in [0, 0.1) is 23.4 Å². The number of carbonyl (C=O) groups excluding carboxylic acids is 1. The molecule has 1 atom stereocenters. The molecule has 1 aromatic rings. The maximum Gasteiger partial charge on any atom is 0.195 e. The number of hydrogen-bond donors (Lipinski definition) is 1. The van der Waals surface area contributed by atoms with Crippen molar-refractivity contribution < 1.29 is 18.0 Å². The molecule has 0 aromatic heterocycles. The molecule has 16 heavy (non-hydrogen) atoms. The first-order chi connectivity index (χ1) is 7.36. The molecule has 88 valence electrons. The fourth-order valence-corrected chi connectivity index (χ4v) is 1.20. The quantitative estimate of drug-likeness (QED) is 0.640. The van der Waals surface area contributed by atoms with Gasteiger partial charge in [-0.3, -0.25) is 4.79 Å². The summed E-state index contributed by atoms with van der Waals surface area (Å²) in [5.41, 5.74) is 5.00. The Morgan fingerprint density at radius 2 is 1.75 bits per heavy atom. The van der Waals surface area contributed by atoms with Crippen molar-refractivity contribution in [2.45, 2.75) is 19.9 Å². The van der Waals surface area contributed by atoms with Gasteiger partial charge in [0.05, 0.1) is 11.6 Å². The van der Waals surface area contributed by atoms with E-state index in [0.29, 0.717) is 6.07 Å². The second-order valence-corrected chi connectivity index (χ2v) is 3.86. The fourth-order valence-electron chi connectivity index (χ4n) is 1.20. The van der Waals surface area contributed by atoms with E-state index in [0.717, 1.165) is 6.07 Å². The van der Waals surface area contributed by atoms with Crippen LogP contribution in [-0.2, 0) is 0 Å². The Kier molecular flexibility index (Phi) is 3.70. The Morgan fingerprint density at radius 3 is 2.25 bits per heavy atom. The zero-order valence-electron chi connectivity index (χ0n) is 8.93. The highest BCUT2D eigenvalue weighted by atomic mass is 19.2. The fraction of sp³-hybridized carbons (Fsp3) is 0.364. The molecule has 2 N–H and O–H groups in total. The molecule has 2 nitrogen and oxygen atoms in total. The lowest BCUT2D eigenvalue weighted by molar-refractivity contribution is 0.0935. The third-order valence-corrected chi connectivity index (χ3v) is 2.32. The molecular weight excluding hydrogens is 219 g/mol. The molecule has 1 unspecified atom stereocenters. The average Bonchev–Trinajstić information content (AvgIpc) is 2.24. The summed E-state index contributed by atoms with van der Waals surface area (Å²) in [5, 5.41) is 0. The van der Waals surface area contributed by atoms with Crippen molar-refractivity contribution in [2.75, 3.05) is 0 Å². The van der Waals surface area contributed by atoms with Crippen LogP contribution in [0.4, 0.5) is 13.2 Å². The van der Waals surface area contributed by atoms with Crippen molar-refractivity contribution in [3.63, 3.8) is 0 Å². The number of halogens is 3. The third kappa shape index (κ3) is 2.24. The van der Waals surface area contributed by atoms with Gasteiger partial charge in [0.1, 0.15) is 0 Å². The van der Waals surface area contributed by atoms with Gasteiger partial charge in [-0.1, -0.05) is 13.8 Å². The summed E-state index contributed by atoms with van der Waals surface area (Å²) in [5.74, 6) is -5.40. The predicted molar refractivity (Wildman–Crippen MR) is 53.5 cm³/mol. The molecule has 0 saturated heterocycles. The minimum atomic E-state index is -1.65. The van der Waals surface area contributed by atoms with Crippen molar-refractivity contribution in [3.05, 3.63) is 35.1 Å². The largest absolute Gasteiger partial charge is 0.321 e. The molecule has 0 heterocycles. The number of carbonyl (C=O) groups is 1. The van der Waals surface area contributed by atoms with Crippen LogP contribution in [0.15, 0.2) is 12.1 Å². The monoisotopic (exact) mass is 231 g/mol. The zero-order valence-corrected chi connectivity index (χ0v) is 8.93. The van der Waals surface area contributed by atoms with Crippen LogP contribution >= 0.6 is 0 Å². The van der Waals surface area contributed by atoms with Gasteiger partial charge in [-0.15, -0.1) is 0 Å². The van der Waals surface area contributed by atoms with E-state index >= 15 is 0 Å². The second kappa shape index (κ2) is 4.65. The maximum absolute atomic E-state index is 13.2. The summed E-state index contributed by atoms with van der Waals surface area (Å²) in [6.45, 7) is 3.36. The van der Waals surface area contributed by atoms with Gasteiger partial charge in [-0.05, 0) is 18.1 Å². The van der Waals surface area contributed by atoms with E-state index in [4.69, 9.17) is 5.73 Å². The van der Waals surface area contributed by atoms with E-state index in [9.17, 15) is 18.0 Å². The molecule has 0 fully saturated rings. The van der Waals surface area contributed by atoms with E-state index in [2.05, 4.69) is 0 Å². The maximum atomic E-state index is 13.2. The summed E-state index contributed by atoms with van der Waals surface area (Å²) in [6.07, 6.45) is 0. The van der Waals surface area contributed by atoms with E-state index in [1.807, 2.05) is 0 Å². The van der Waals surface area contributed by atoms with Crippen molar-refractivity contribution >= 4 is 5.78 Å². The topological polar surface area (TPSA) is 43.1 Å². The SMILES string of the molecule is CC(C)C(N)C(=O)c1ccc(F)c(F)c1F. The molecular formula is C11H12F3NO. The molecule has 0 bridgehead atoms. The number of Topliss-reactive ketones (excluding diaryl/α,β-unsaturated/α-hetero) is 1. The first kappa shape index (κ1) is 12.7. The van der Waals surface area contributed by atoms with Gasteiger partial charge in [0.2, 0.25) is 0 Å². The highest BCUT2D eigenvalue weighted by molar-refractivity contribution is 6.00. The molecule has 0 spiro atoms. The number of hydrogen-bond acceptors (Lipinski definition) is 2. The highest BCUT2D eigenvalue weighted by Crippen LogP contribution is 2.17. The van der Waals surface area contributed by atoms with E-state index < -0.39 is 34.8 Å². The molecule has 0 saturated carbocycles. The Labute approximate surface area is 91.3 Å². The lowest BCUT2D eigenvalue weighted by Gasteiger charge is -2.14. The predicted octanol–water partition coefficient (Wildman–Crippen LogP) is 2.27. The molecule has 0 aliphatic carbocycles. The van der Waals surface area contributed by atoms with Gasteiger partial charge in [0, 0.05) is 0 Å². The lowest BCUT2D eigenvalue weighted by Crippen LogP contribution is -2.36. The normalized spacial score (nSPS) is 12.9. The van der Waals surface area contributed by atoms with Crippen molar-refractivity contribution in [1.29, 1.82) is 0 Å². The Bertz CT molecular complexity index is 418. The van der Waals surface area contributed by atoms with Gasteiger partial charge in [0.25, 0.3) is 0 Å². The van der Waals surface area contributed by atoms with E-state index in [-0.39, 0.29) is 5.92 Å². The molecule has 0 amide bonds. The van der Waals surface area contributed by atoms with Gasteiger partial charge in [0.15, 0.2) is 23.2 Å². The third-order valence-electron chi connectivity index (χ3n) is 2.32. The van der Waals surface area contributed by atoms with Crippen molar-refractivity contribution in [1.82, 2.24) is 0 Å². The summed E-state index contributed by atoms with van der Waals surface area (Å²) in [4.78, 5) is 11.6. The molecule has 0 aliphatic heterocycles. The first-order valence-electron chi connectivity index (χ1n) is 4.79. The van der Waals surface area contributed by atoms with Crippen LogP contribution in [0.25, 0.3) is 0 Å². The molecule has 0 aliphatic rings. The van der Waals surface area contributed by atoms with Gasteiger partial charge >= 0.3 is 0 Å². The van der Waals surface area contributed by atoms with Crippen LogP contribution in [0.3, 0.4) is 0 Å².